The number of hydrogen-bond acceptors (Lipinski definition) is 11. The van der Waals surface area contributed by atoms with Crippen LogP contribution in [0.25, 0.3) is 0 Å². The van der Waals surface area contributed by atoms with E-state index in [-0.39, 0.29) is 25.9 Å². The van der Waals surface area contributed by atoms with E-state index in [9.17, 15) is 34.5 Å². The quantitative estimate of drug-likeness (QED) is 0.0228. The third-order valence-corrected chi connectivity index (χ3v) is 11.5. The molecule has 6 atom stereocenters. The summed E-state index contributed by atoms with van der Waals surface area (Å²) in [5, 5.41) is 31.4. The molecular formula is C61H94O12. The van der Waals surface area contributed by atoms with Gasteiger partial charge in [-0.25, -0.2) is 4.79 Å². The lowest BCUT2D eigenvalue weighted by Crippen LogP contribution is -2.61. The van der Waals surface area contributed by atoms with Crippen molar-refractivity contribution in [2.75, 3.05) is 13.2 Å². The first kappa shape index (κ1) is 66.1. The Labute approximate surface area is 439 Å². The zero-order valence-corrected chi connectivity index (χ0v) is 44.8. The number of carbonyl (C=O) groups excluding carboxylic acids is 3. The van der Waals surface area contributed by atoms with Crippen molar-refractivity contribution in [1.82, 2.24) is 0 Å². The van der Waals surface area contributed by atoms with Crippen LogP contribution in [0.1, 0.15) is 188 Å². The molecule has 1 saturated heterocycles. The van der Waals surface area contributed by atoms with Gasteiger partial charge in [-0.1, -0.05) is 187 Å². The van der Waals surface area contributed by atoms with E-state index in [0.717, 1.165) is 116 Å². The Hall–Kier alpha value is -4.88. The Morgan fingerprint density at radius 1 is 0.479 bits per heavy atom. The van der Waals surface area contributed by atoms with E-state index >= 15 is 0 Å². The van der Waals surface area contributed by atoms with E-state index in [4.69, 9.17) is 23.7 Å². The number of carbonyl (C=O) groups is 4. The summed E-state index contributed by atoms with van der Waals surface area (Å²) in [6.07, 6.45) is 53.5. The number of unbranched alkanes of at least 4 members (excludes halogenated alkanes) is 11. The lowest BCUT2D eigenvalue weighted by molar-refractivity contribution is -0.301. The minimum atomic E-state index is -1.93. The lowest BCUT2D eigenvalue weighted by atomic mass is 9.98. The molecule has 1 fully saturated rings. The zero-order valence-electron chi connectivity index (χ0n) is 44.8. The minimum Gasteiger partial charge on any atom is -0.479 e. The number of aliphatic hydroxyl groups is 2. The fraction of sp³-hybridized carbons (Fsp3) is 0.607. The molecule has 0 spiro atoms. The second kappa shape index (κ2) is 48.1. The van der Waals surface area contributed by atoms with Crippen molar-refractivity contribution in [3.05, 3.63) is 122 Å². The van der Waals surface area contributed by atoms with Crippen LogP contribution in [0.3, 0.4) is 0 Å². The van der Waals surface area contributed by atoms with E-state index in [1.165, 1.54) is 12.8 Å². The standard InChI is InChI=1S/C61H94O12/c1-4-7-10-13-16-19-22-24-26-27-29-30-33-35-38-41-44-47-53(62)69-50-52(71-54(63)48-45-42-39-37-34-31-28-25-23-20-17-14-11-8-5-2)51-70-61-59(57(66)56(65)58(73-61)60(67)68)72-55(64)49-46-43-40-36-32-21-18-15-12-9-6-3/h7-8,10-11,15-20,24-26,28-30,34,37,42,45,52,56-59,61,65-66H,4-6,9,12-14,21-23,27,31-33,35-36,38-41,43-44,46-51H2,1-3H3,(H,67,68)/b10-7-,11-8-,18-15-,19-16-,20-17-,26-24-,28-25-,30-29-,37-34-,45-42-. The highest BCUT2D eigenvalue weighted by Gasteiger charge is 2.50. The summed E-state index contributed by atoms with van der Waals surface area (Å²) in [6, 6.07) is 0. The summed E-state index contributed by atoms with van der Waals surface area (Å²) in [4.78, 5) is 50.9. The van der Waals surface area contributed by atoms with Crippen LogP contribution in [0, 0.1) is 0 Å². The smallest absolute Gasteiger partial charge is 0.335 e. The van der Waals surface area contributed by atoms with E-state index in [1.807, 2.05) is 18.2 Å². The molecule has 3 N–H and O–H groups in total. The average molecular weight is 1020 g/mol. The Morgan fingerprint density at radius 3 is 1.40 bits per heavy atom. The van der Waals surface area contributed by atoms with Gasteiger partial charge >= 0.3 is 23.9 Å². The molecule has 0 aromatic heterocycles. The van der Waals surface area contributed by atoms with Crippen LogP contribution < -0.4 is 0 Å². The van der Waals surface area contributed by atoms with Crippen molar-refractivity contribution >= 4 is 23.9 Å². The maximum Gasteiger partial charge on any atom is 0.335 e. The number of hydrogen-bond donors (Lipinski definition) is 3. The van der Waals surface area contributed by atoms with Gasteiger partial charge in [-0.3, -0.25) is 14.4 Å². The van der Waals surface area contributed by atoms with Crippen LogP contribution in [-0.2, 0) is 42.9 Å². The molecule has 12 nitrogen and oxygen atoms in total. The first-order valence-corrected chi connectivity index (χ1v) is 27.5. The maximum absolute atomic E-state index is 13.0. The van der Waals surface area contributed by atoms with Crippen molar-refractivity contribution < 1.29 is 58.2 Å². The summed E-state index contributed by atoms with van der Waals surface area (Å²) < 4.78 is 28.2. The molecule has 410 valence electrons. The third kappa shape index (κ3) is 38.4. The number of ether oxygens (including phenoxy) is 5. The number of carboxylic acids is 1. The number of allylic oxidation sites excluding steroid dienone is 19. The van der Waals surface area contributed by atoms with E-state index in [2.05, 4.69) is 118 Å². The Bertz CT molecular complexity index is 1730. The van der Waals surface area contributed by atoms with Gasteiger partial charge in [0.1, 0.15) is 18.8 Å². The highest BCUT2D eigenvalue weighted by Crippen LogP contribution is 2.26. The van der Waals surface area contributed by atoms with Gasteiger partial charge in [0, 0.05) is 12.8 Å². The molecule has 0 radical (unpaired) electrons. The summed E-state index contributed by atoms with van der Waals surface area (Å²) in [5.41, 5.74) is 0. The Morgan fingerprint density at radius 2 is 0.904 bits per heavy atom. The maximum atomic E-state index is 13.0. The van der Waals surface area contributed by atoms with Gasteiger partial charge in [0.05, 0.1) is 13.0 Å². The monoisotopic (exact) mass is 1020 g/mol. The molecule has 1 rings (SSSR count). The van der Waals surface area contributed by atoms with Crippen LogP contribution in [0.5, 0.6) is 0 Å². The second-order valence-electron chi connectivity index (χ2n) is 18.1. The van der Waals surface area contributed by atoms with Gasteiger partial charge in [0.25, 0.3) is 0 Å². The summed E-state index contributed by atoms with van der Waals surface area (Å²) >= 11 is 0. The number of aliphatic carboxylic acids is 1. The average Bonchev–Trinajstić information content (AvgIpc) is 3.37. The first-order valence-electron chi connectivity index (χ1n) is 27.5. The molecular weight excluding hydrogens is 925 g/mol. The highest BCUT2D eigenvalue weighted by atomic mass is 16.7. The van der Waals surface area contributed by atoms with Gasteiger partial charge in [-0.05, 0) is 103 Å². The molecule has 0 bridgehead atoms. The van der Waals surface area contributed by atoms with Gasteiger partial charge in [-0.2, -0.15) is 0 Å². The number of aliphatic hydroxyl groups excluding tert-OH is 2. The van der Waals surface area contributed by atoms with Crippen LogP contribution in [-0.4, -0.2) is 89.2 Å². The van der Waals surface area contributed by atoms with E-state index < -0.39 is 67.3 Å². The molecule has 0 amide bonds. The molecule has 0 saturated carbocycles. The Kier molecular flexibility index (Phi) is 43.6. The van der Waals surface area contributed by atoms with Crippen molar-refractivity contribution in [2.24, 2.45) is 0 Å². The van der Waals surface area contributed by atoms with Crippen molar-refractivity contribution in [1.29, 1.82) is 0 Å². The van der Waals surface area contributed by atoms with Gasteiger partial charge in [0.15, 0.2) is 24.6 Å². The topological polar surface area (TPSA) is 175 Å². The molecule has 12 heteroatoms. The fourth-order valence-corrected chi connectivity index (χ4v) is 7.35. The van der Waals surface area contributed by atoms with Gasteiger partial charge in [0.2, 0.25) is 0 Å². The SMILES string of the molecule is CC/C=C\C/C=C\C/C=C\C/C=C\C/C=C\CC(=O)OC(COC(=O)CCCCCC/C=C\C/C=C\C/C=C\C/C=C\CC)COC1OC(C(=O)O)C(O)C(O)C1OC(=O)CCCCCCC/C=C\CCCC. The molecule has 1 aliphatic heterocycles. The van der Waals surface area contributed by atoms with Crippen molar-refractivity contribution in [3.63, 3.8) is 0 Å². The highest BCUT2D eigenvalue weighted by molar-refractivity contribution is 5.74. The number of rotatable bonds is 44. The first-order chi connectivity index (χ1) is 35.6. The molecule has 1 aliphatic rings. The Balaban J connectivity index is 2.80. The van der Waals surface area contributed by atoms with E-state index in [0.29, 0.717) is 19.3 Å². The van der Waals surface area contributed by atoms with Crippen LogP contribution >= 0.6 is 0 Å². The second-order valence-corrected chi connectivity index (χ2v) is 18.1. The predicted octanol–water partition coefficient (Wildman–Crippen LogP) is 13.7. The van der Waals surface area contributed by atoms with Crippen LogP contribution in [0.4, 0.5) is 0 Å². The largest absolute Gasteiger partial charge is 0.479 e. The van der Waals surface area contributed by atoms with Gasteiger partial charge in [-0.15, -0.1) is 0 Å². The summed E-state index contributed by atoms with van der Waals surface area (Å²) in [7, 11) is 0. The van der Waals surface area contributed by atoms with Crippen LogP contribution in [0.15, 0.2) is 122 Å². The minimum absolute atomic E-state index is 0.0304. The summed E-state index contributed by atoms with van der Waals surface area (Å²) in [6.45, 7) is 5.58. The lowest BCUT2D eigenvalue weighted by Gasteiger charge is -2.40. The number of carboxylic acid groups (broad SMARTS) is 1. The summed E-state index contributed by atoms with van der Waals surface area (Å²) in [5.74, 6) is -3.36. The van der Waals surface area contributed by atoms with Crippen LogP contribution in [0.2, 0.25) is 0 Å². The fourth-order valence-electron chi connectivity index (χ4n) is 7.35. The molecule has 1 heterocycles. The van der Waals surface area contributed by atoms with Gasteiger partial charge < -0.3 is 39.0 Å². The normalized spacial score (nSPS) is 19.3. The third-order valence-electron chi connectivity index (χ3n) is 11.5. The molecule has 73 heavy (non-hydrogen) atoms. The molecule has 0 aliphatic carbocycles. The predicted molar refractivity (Wildman–Crippen MR) is 293 cm³/mol. The molecule has 6 unspecified atom stereocenters. The zero-order chi connectivity index (χ0) is 53.3. The number of esters is 3. The molecule has 0 aromatic carbocycles. The van der Waals surface area contributed by atoms with Crippen molar-refractivity contribution in [2.45, 2.75) is 225 Å². The van der Waals surface area contributed by atoms with Crippen molar-refractivity contribution in [3.8, 4) is 0 Å². The molecule has 0 aromatic rings. The van der Waals surface area contributed by atoms with E-state index in [1.54, 1.807) is 6.08 Å².